The number of hydrazine groups is 1. The van der Waals surface area contributed by atoms with Crippen molar-refractivity contribution < 1.29 is 64.4 Å². The van der Waals surface area contributed by atoms with Crippen LogP contribution in [0, 0.1) is 0 Å². The van der Waals surface area contributed by atoms with E-state index in [2.05, 4.69) is 21.1 Å². The molecule has 192 valence electrons. The van der Waals surface area contributed by atoms with Crippen LogP contribution in [0.3, 0.4) is 0 Å². The minimum atomic E-state index is -5.32. The van der Waals surface area contributed by atoms with Crippen LogP contribution in [0.5, 0.6) is 0 Å². The average molecular weight is 572 g/mol. The van der Waals surface area contributed by atoms with Gasteiger partial charge in [0.2, 0.25) is 5.79 Å². The number of benzene rings is 1. The topological polar surface area (TPSA) is 108 Å². The molecule has 0 bridgehead atoms. The number of hydrogen-bond donors (Lipinski definition) is 3. The van der Waals surface area contributed by atoms with Gasteiger partial charge in [0.05, 0.1) is 27.8 Å². The minimum absolute atomic E-state index is 0.104. The molecule has 0 saturated carbocycles. The van der Waals surface area contributed by atoms with Crippen molar-refractivity contribution in [2.75, 3.05) is 11.6 Å². The number of halogens is 11. The molecule has 8 nitrogen and oxygen atoms in total. The summed E-state index contributed by atoms with van der Waals surface area (Å²) in [6, 6.07) is 0.459. The first kappa shape index (κ1) is 28.4. The molecule has 19 heteroatoms. The molecule has 1 saturated heterocycles. The Morgan fingerprint density at radius 1 is 1.06 bits per heavy atom. The maximum atomic E-state index is 14.0. The molecule has 1 heterocycles. The third kappa shape index (κ3) is 4.92. The summed E-state index contributed by atoms with van der Waals surface area (Å²) in [5, 5.41) is 17.2. The number of rotatable bonds is 8. The van der Waals surface area contributed by atoms with Crippen molar-refractivity contribution >= 4 is 52.4 Å². The van der Waals surface area contributed by atoms with E-state index in [0.717, 1.165) is 0 Å². The highest BCUT2D eigenvalue weighted by Crippen LogP contribution is 2.47. The first-order valence-electron chi connectivity index (χ1n) is 8.21. The van der Waals surface area contributed by atoms with Crippen LogP contribution in [-0.4, -0.2) is 58.4 Å². The molecule has 2 rings (SSSR count). The van der Waals surface area contributed by atoms with Gasteiger partial charge in [-0.3, -0.25) is 14.5 Å². The maximum Gasteiger partial charge on any atom is 0.416 e. The number of hydrogen-bond acceptors (Lipinski definition) is 6. The summed E-state index contributed by atoms with van der Waals surface area (Å²) in [6.07, 6.45) is -10.3. The molecule has 2 atom stereocenters. The van der Waals surface area contributed by atoms with Crippen LogP contribution in [0.4, 0.5) is 40.8 Å². The molecular weight excluding hydrogens is 563 g/mol. The second-order valence-corrected chi connectivity index (χ2v) is 7.64. The Morgan fingerprint density at radius 2 is 1.53 bits per heavy atom. The van der Waals surface area contributed by atoms with Gasteiger partial charge in [-0.1, -0.05) is 34.8 Å². The van der Waals surface area contributed by atoms with Crippen LogP contribution < -0.4 is 10.4 Å². The summed E-state index contributed by atoms with van der Waals surface area (Å²) in [7, 11) is 0. The first-order chi connectivity index (χ1) is 15.3. The number of carboxylic acid groups (broad SMARTS) is 2. The van der Waals surface area contributed by atoms with E-state index in [9.17, 15) is 54.9 Å². The zero-order chi connectivity index (χ0) is 26.4. The number of nitrogens with one attached hydrogen (secondary N) is 1. The Hall–Kier alpha value is -1.85. The number of nitrogens with zero attached hydrogens (tertiary/aromatic N) is 1. The van der Waals surface area contributed by atoms with Crippen molar-refractivity contribution in [1.82, 2.24) is 5.43 Å². The lowest BCUT2D eigenvalue weighted by molar-refractivity contribution is -0.406. The molecule has 2 unspecified atom stereocenters. The number of anilines is 1. The Morgan fingerprint density at radius 3 is 1.88 bits per heavy atom. The maximum absolute atomic E-state index is 14.0. The van der Waals surface area contributed by atoms with Crippen molar-refractivity contribution in [2.24, 2.45) is 0 Å². The Kier molecular flexibility index (Phi) is 7.77. The van der Waals surface area contributed by atoms with Gasteiger partial charge >= 0.3 is 30.8 Å². The lowest BCUT2D eigenvalue weighted by atomic mass is 9.90. The van der Waals surface area contributed by atoms with Crippen molar-refractivity contribution in [1.29, 1.82) is 0 Å². The van der Waals surface area contributed by atoms with E-state index in [1.54, 1.807) is 0 Å². The van der Waals surface area contributed by atoms with Crippen LogP contribution in [0.25, 0.3) is 0 Å². The molecule has 0 aliphatic carbocycles. The molecular formula is C15H9Cl3F8N2O6. The summed E-state index contributed by atoms with van der Waals surface area (Å²) in [5.74, 6) is -9.53. The Bertz CT molecular complexity index is 945. The SMILES string of the molecule is O=C(O)C1(C(=O)O)NN(c2c(Cl)cc(C(F)(F)F)cc2Cl)CC1(OC(F)F)OC(F)(F)C(F)Cl. The van der Waals surface area contributed by atoms with Gasteiger partial charge in [0.15, 0.2) is 0 Å². The van der Waals surface area contributed by atoms with Crippen molar-refractivity contribution in [2.45, 2.75) is 35.9 Å². The Labute approximate surface area is 197 Å². The van der Waals surface area contributed by atoms with Crippen molar-refractivity contribution in [3.8, 4) is 0 Å². The summed E-state index contributed by atoms with van der Waals surface area (Å²) in [5.41, 5.74) is -8.71. The number of carboxylic acids is 2. The molecule has 0 amide bonds. The predicted molar refractivity (Wildman–Crippen MR) is 96.5 cm³/mol. The molecule has 0 spiro atoms. The van der Waals surface area contributed by atoms with E-state index in [1.807, 2.05) is 0 Å². The van der Waals surface area contributed by atoms with Crippen molar-refractivity contribution in [3.63, 3.8) is 0 Å². The highest BCUT2D eigenvalue weighted by Gasteiger charge is 2.75. The standard InChI is InChI=1S/C15H9Cl3F8N2O6/c16-5-1-4(14(22,23)24)2-6(17)7(5)28-3-12(33-11(20)21,34-15(25,26)8(18)19)13(27-28,9(29)30)10(31)32/h1-2,8,11,27H,3H2,(H,29,30)(H,31,32). The number of alkyl halides is 9. The fourth-order valence-electron chi connectivity index (χ4n) is 2.96. The van der Waals surface area contributed by atoms with Crippen LogP contribution in [0.15, 0.2) is 12.1 Å². The number of carbonyl (C=O) groups is 2. The highest BCUT2D eigenvalue weighted by molar-refractivity contribution is 6.39. The van der Waals surface area contributed by atoms with E-state index in [0.29, 0.717) is 0 Å². The molecule has 1 aliphatic heterocycles. The zero-order valence-corrected chi connectivity index (χ0v) is 17.9. The van der Waals surface area contributed by atoms with E-state index in [1.165, 1.54) is 5.43 Å². The second kappa shape index (κ2) is 9.31. The Balaban J connectivity index is 2.79. The predicted octanol–water partition coefficient (Wildman–Crippen LogP) is 4.32. The number of aliphatic carboxylic acids is 2. The smallest absolute Gasteiger partial charge is 0.416 e. The second-order valence-electron chi connectivity index (χ2n) is 6.44. The van der Waals surface area contributed by atoms with Gasteiger partial charge in [0.25, 0.3) is 11.2 Å². The lowest BCUT2D eigenvalue weighted by Gasteiger charge is -2.38. The lowest BCUT2D eigenvalue weighted by Crippen LogP contribution is -2.71. The fourth-order valence-corrected chi connectivity index (χ4v) is 3.69. The van der Waals surface area contributed by atoms with Crippen molar-refractivity contribution in [3.05, 3.63) is 27.7 Å². The quantitative estimate of drug-likeness (QED) is 0.183. The van der Waals surface area contributed by atoms with Gasteiger partial charge in [-0.25, -0.2) is 19.4 Å². The average Bonchev–Trinajstić information content (AvgIpc) is 2.93. The highest BCUT2D eigenvalue weighted by atomic mass is 35.5. The summed E-state index contributed by atoms with van der Waals surface area (Å²) in [6.45, 7) is -5.97. The summed E-state index contributed by atoms with van der Waals surface area (Å²) >= 11 is 16.1. The van der Waals surface area contributed by atoms with Crippen LogP contribution >= 0.6 is 34.8 Å². The van der Waals surface area contributed by atoms with Crippen LogP contribution in [-0.2, 0) is 25.2 Å². The van der Waals surface area contributed by atoms with E-state index in [4.69, 9.17) is 23.2 Å². The largest absolute Gasteiger partial charge is 0.479 e. The van der Waals surface area contributed by atoms with Gasteiger partial charge in [0.1, 0.15) is 0 Å². The monoisotopic (exact) mass is 570 g/mol. The van der Waals surface area contributed by atoms with Gasteiger partial charge in [0, 0.05) is 0 Å². The molecule has 0 aromatic heterocycles. The van der Waals surface area contributed by atoms with Crippen LogP contribution in [0.1, 0.15) is 5.56 Å². The molecule has 1 aromatic rings. The van der Waals surface area contributed by atoms with Gasteiger partial charge < -0.3 is 10.2 Å². The van der Waals surface area contributed by atoms with Gasteiger partial charge in [-0.2, -0.15) is 30.7 Å². The molecule has 0 radical (unpaired) electrons. The molecule has 1 fully saturated rings. The first-order valence-corrected chi connectivity index (χ1v) is 9.40. The third-order valence-electron chi connectivity index (χ3n) is 4.33. The molecule has 34 heavy (non-hydrogen) atoms. The van der Waals surface area contributed by atoms with Crippen LogP contribution in [0.2, 0.25) is 10.0 Å². The normalized spacial score (nSPS) is 21.7. The van der Waals surface area contributed by atoms with E-state index in [-0.39, 0.29) is 17.1 Å². The molecule has 1 aliphatic rings. The number of ether oxygens (including phenoxy) is 2. The van der Waals surface area contributed by atoms with Gasteiger partial charge in [-0.15, -0.1) is 0 Å². The molecule has 3 N–H and O–H groups in total. The van der Waals surface area contributed by atoms with E-state index >= 15 is 0 Å². The third-order valence-corrected chi connectivity index (χ3v) is 5.16. The van der Waals surface area contributed by atoms with Gasteiger partial charge in [-0.05, 0) is 12.1 Å². The van der Waals surface area contributed by atoms with E-state index < -0.39 is 75.6 Å². The summed E-state index contributed by atoms with van der Waals surface area (Å²) in [4.78, 5) is 23.8. The fraction of sp³-hybridized carbons (Fsp3) is 0.467. The summed E-state index contributed by atoms with van der Waals surface area (Å²) < 4.78 is 114. The zero-order valence-electron chi connectivity index (χ0n) is 15.6. The minimum Gasteiger partial charge on any atom is -0.479 e. The molecule has 1 aromatic carbocycles.